The second-order valence-electron chi connectivity index (χ2n) is 4.60. The molecular formula is C15H15N3O3. The second-order valence-corrected chi connectivity index (χ2v) is 4.60. The fourth-order valence-electron chi connectivity index (χ4n) is 2.25. The van der Waals surface area contributed by atoms with Crippen LogP contribution in [0.1, 0.15) is 16.1 Å². The maximum absolute atomic E-state index is 11.5. The Morgan fingerprint density at radius 1 is 1.43 bits per heavy atom. The van der Waals surface area contributed by atoms with Gasteiger partial charge in [0.1, 0.15) is 0 Å². The lowest BCUT2D eigenvalue weighted by molar-refractivity contribution is -0.384. The van der Waals surface area contributed by atoms with Crippen molar-refractivity contribution < 1.29 is 9.72 Å². The Morgan fingerprint density at radius 2 is 2.05 bits per heavy atom. The Hall–Kier alpha value is -2.89. The number of amides is 1. The van der Waals surface area contributed by atoms with Gasteiger partial charge < -0.3 is 10.3 Å². The number of non-ortho nitro benzene ring substituents is 1. The predicted molar refractivity (Wildman–Crippen MR) is 80.0 cm³/mol. The highest BCUT2D eigenvalue weighted by Crippen LogP contribution is 2.27. The van der Waals surface area contributed by atoms with E-state index in [2.05, 4.69) is 6.58 Å². The number of nitro groups is 1. The van der Waals surface area contributed by atoms with E-state index in [0.29, 0.717) is 12.1 Å². The molecule has 0 saturated heterocycles. The van der Waals surface area contributed by atoms with Crippen molar-refractivity contribution in [2.24, 2.45) is 5.73 Å². The van der Waals surface area contributed by atoms with Crippen molar-refractivity contribution in [1.82, 2.24) is 4.57 Å². The Kier molecular flexibility index (Phi) is 3.89. The van der Waals surface area contributed by atoms with Crippen molar-refractivity contribution in [3.8, 4) is 11.3 Å². The summed E-state index contributed by atoms with van der Waals surface area (Å²) in [5, 5.41) is 10.7. The van der Waals surface area contributed by atoms with Crippen molar-refractivity contribution in [2.45, 2.75) is 13.5 Å². The summed E-state index contributed by atoms with van der Waals surface area (Å²) in [5.41, 5.74) is 8.12. The van der Waals surface area contributed by atoms with Gasteiger partial charge in [0.05, 0.1) is 10.5 Å². The van der Waals surface area contributed by atoms with E-state index in [-0.39, 0.29) is 5.69 Å². The Labute approximate surface area is 121 Å². The lowest BCUT2D eigenvalue weighted by Gasteiger charge is -2.09. The SMILES string of the molecule is C=CCn1c(-c2ccc([N+](=O)[O-])cc2)cc(C(N)=O)c1C. The highest BCUT2D eigenvalue weighted by atomic mass is 16.6. The minimum absolute atomic E-state index is 0.0208. The van der Waals surface area contributed by atoms with Crippen molar-refractivity contribution in [3.05, 3.63) is 64.4 Å². The third-order valence-electron chi connectivity index (χ3n) is 3.32. The fraction of sp³-hybridized carbons (Fsp3) is 0.133. The summed E-state index contributed by atoms with van der Waals surface area (Å²) in [6.07, 6.45) is 1.71. The van der Waals surface area contributed by atoms with E-state index in [1.807, 2.05) is 4.57 Å². The van der Waals surface area contributed by atoms with Gasteiger partial charge in [-0.2, -0.15) is 0 Å². The molecule has 0 spiro atoms. The lowest BCUT2D eigenvalue weighted by atomic mass is 10.1. The van der Waals surface area contributed by atoms with Crippen LogP contribution in [0.15, 0.2) is 43.0 Å². The summed E-state index contributed by atoms with van der Waals surface area (Å²) >= 11 is 0. The molecule has 0 aliphatic rings. The van der Waals surface area contributed by atoms with Gasteiger partial charge in [-0.15, -0.1) is 6.58 Å². The maximum Gasteiger partial charge on any atom is 0.269 e. The molecular weight excluding hydrogens is 270 g/mol. The third kappa shape index (κ3) is 2.69. The number of carbonyl (C=O) groups is 1. The van der Waals surface area contributed by atoms with Crippen LogP contribution in [0.5, 0.6) is 0 Å². The average molecular weight is 285 g/mol. The quantitative estimate of drug-likeness (QED) is 0.520. The minimum atomic E-state index is -0.501. The molecule has 1 aromatic carbocycles. The molecule has 1 aromatic heterocycles. The smallest absolute Gasteiger partial charge is 0.269 e. The summed E-state index contributed by atoms with van der Waals surface area (Å²) in [7, 11) is 0. The Morgan fingerprint density at radius 3 is 2.52 bits per heavy atom. The van der Waals surface area contributed by atoms with Gasteiger partial charge in [0.15, 0.2) is 0 Å². The fourth-order valence-corrected chi connectivity index (χ4v) is 2.25. The number of carbonyl (C=O) groups excluding carboxylic acids is 1. The first-order valence-electron chi connectivity index (χ1n) is 6.31. The molecule has 2 rings (SSSR count). The van der Waals surface area contributed by atoms with E-state index in [0.717, 1.165) is 17.0 Å². The monoisotopic (exact) mass is 285 g/mol. The van der Waals surface area contributed by atoms with Gasteiger partial charge >= 0.3 is 0 Å². The first-order chi connectivity index (χ1) is 9.95. The van der Waals surface area contributed by atoms with E-state index in [1.165, 1.54) is 12.1 Å². The zero-order valence-electron chi connectivity index (χ0n) is 11.6. The number of nitro benzene ring substituents is 1. The molecule has 21 heavy (non-hydrogen) atoms. The highest BCUT2D eigenvalue weighted by molar-refractivity contribution is 5.95. The number of benzene rings is 1. The van der Waals surface area contributed by atoms with E-state index in [4.69, 9.17) is 5.73 Å². The Balaban J connectivity index is 2.56. The van der Waals surface area contributed by atoms with Gasteiger partial charge in [0.2, 0.25) is 0 Å². The van der Waals surface area contributed by atoms with Crippen molar-refractivity contribution in [2.75, 3.05) is 0 Å². The first-order valence-corrected chi connectivity index (χ1v) is 6.31. The van der Waals surface area contributed by atoms with Crippen LogP contribution in [0.4, 0.5) is 5.69 Å². The van der Waals surface area contributed by atoms with Crippen molar-refractivity contribution >= 4 is 11.6 Å². The topological polar surface area (TPSA) is 91.2 Å². The largest absolute Gasteiger partial charge is 0.366 e. The molecule has 1 heterocycles. The summed E-state index contributed by atoms with van der Waals surface area (Å²) < 4.78 is 1.90. The Bertz CT molecular complexity index is 715. The number of hydrogen-bond donors (Lipinski definition) is 1. The van der Waals surface area contributed by atoms with Crippen LogP contribution >= 0.6 is 0 Å². The lowest BCUT2D eigenvalue weighted by Crippen LogP contribution is -2.12. The van der Waals surface area contributed by atoms with Crippen LogP contribution < -0.4 is 5.73 Å². The van der Waals surface area contributed by atoms with Gasteiger partial charge in [-0.25, -0.2) is 0 Å². The summed E-state index contributed by atoms with van der Waals surface area (Å²) in [6.45, 7) is 6.02. The first kappa shape index (κ1) is 14.5. The van der Waals surface area contributed by atoms with Crippen molar-refractivity contribution in [3.63, 3.8) is 0 Å². The average Bonchev–Trinajstić information content (AvgIpc) is 2.77. The number of nitrogens with two attached hydrogens (primary N) is 1. The van der Waals surface area contributed by atoms with Crippen LogP contribution in [0, 0.1) is 17.0 Å². The molecule has 0 saturated carbocycles. The summed E-state index contributed by atoms with van der Waals surface area (Å²) in [6, 6.07) is 7.86. The van der Waals surface area contributed by atoms with E-state index in [9.17, 15) is 14.9 Å². The third-order valence-corrected chi connectivity index (χ3v) is 3.32. The molecule has 2 aromatic rings. The molecule has 0 fully saturated rings. The van der Waals surface area contributed by atoms with E-state index in [1.54, 1.807) is 31.2 Å². The van der Waals surface area contributed by atoms with Crippen molar-refractivity contribution in [1.29, 1.82) is 0 Å². The number of hydrogen-bond acceptors (Lipinski definition) is 3. The molecule has 0 aliphatic heterocycles. The molecule has 6 heteroatoms. The summed E-state index contributed by atoms with van der Waals surface area (Å²) in [4.78, 5) is 21.7. The number of primary amides is 1. The molecule has 0 radical (unpaired) electrons. The minimum Gasteiger partial charge on any atom is -0.366 e. The van der Waals surface area contributed by atoms with E-state index < -0.39 is 10.8 Å². The molecule has 1 amide bonds. The zero-order valence-corrected chi connectivity index (χ0v) is 11.6. The normalized spacial score (nSPS) is 10.3. The molecule has 2 N–H and O–H groups in total. The maximum atomic E-state index is 11.5. The van der Waals surface area contributed by atoms with Gasteiger partial charge in [-0.1, -0.05) is 6.08 Å². The number of aromatic nitrogens is 1. The van der Waals surface area contributed by atoms with Crippen LogP contribution in [0.3, 0.4) is 0 Å². The standard InChI is InChI=1S/C15H15N3O3/c1-3-8-17-10(2)13(15(16)19)9-14(17)11-4-6-12(7-5-11)18(20)21/h3-7,9H,1,8H2,2H3,(H2,16,19). The second kappa shape index (κ2) is 5.62. The predicted octanol–water partition coefficient (Wildman–Crippen LogP) is 2.66. The summed E-state index contributed by atoms with van der Waals surface area (Å²) in [5.74, 6) is -0.501. The number of allylic oxidation sites excluding steroid dienone is 1. The van der Waals surface area contributed by atoms with Gasteiger partial charge in [-0.05, 0) is 30.7 Å². The zero-order chi connectivity index (χ0) is 15.6. The van der Waals surface area contributed by atoms with Gasteiger partial charge in [0, 0.05) is 30.1 Å². The van der Waals surface area contributed by atoms with Gasteiger partial charge in [-0.3, -0.25) is 14.9 Å². The van der Waals surface area contributed by atoms with Gasteiger partial charge in [0.25, 0.3) is 11.6 Å². The molecule has 0 unspecified atom stereocenters. The highest BCUT2D eigenvalue weighted by Gasteiger charge is 2.16. The molecule has 0 atom stereocenters. The van der Waals surface area contributed by atoms with E-state index >= 15 is 0 Å². The molecule has 6 nitrogen and oxygen atoms in total. The number of rotatable bonds is 5. The molecule has 0 aliphatic carbocycles. The number of nitrogens with zero attached hydrogens (tertiary/aromatic N) is 2. The molecule has 108 valence electrons. The molecule has 0 bridgehead atoms. The van der Waals surface area contributed by atoms with Crippen LogP contribution in [-0.2, 0) is 6.54 Å². The van der Waals surface area contributed by atoms with Crippen LogP contribution in [-0.4, -0.2) is 15.4 Å². The van der Waals surface area contributed by atoms with Crippen LogP contribution in [0.25, 0.3) is 11.3 Å². The van der Waals surface area contributed by atoms with Crippen LogP contribution in [0.2, 0.25) is 0 Å².